The monoisotopic (exact) mass is 271 g/mol. The third-order valence-electron chi connectivity index (χ3n) is 2.80. The number of carbonyl (C=O) groups excluding carboxylic acids is 1. The minimum atomic E-state index is -0.306. The van der Waals surface area contributed by atoms with Gasteiger partial charge in [0.05, 0.1) is 12.1 Å². The molecule has 20 heavy (non-hydrogen) atoms. The Morgan fingerprint density at radius 2 is 1.95 bits per heavy atom. The topological polar surface area (TPSA) is 58.6 Å². The average molecular weight is 271 g/mol. The maximum atomic E-state index is 11.9. The fourth-order valence-corrected chi connectivity index (χ4v) is 1.78. The second kappa shape index (κ2) is 6.61. The van der Waals surface area contributed by atoms with E-state index in [0.717, 1.165) is 11.3 Å². The Hall–Kier alpha value is -2.49. The van der Waals surface area contributed by atoms with Gasteiger partial charge >= 0.3 is 0 Å². The number of phenolic OH excluding ortho intramolecular Hbond substituents is 1. The zero-order valence-corrected chi connectivity index (χ0v) is 11.3. The van der Waals surface area contributed by atoms with Gasteiger partial charge in [-0.25, -0.2) is 0 Å². The first-order valence-corrected chi connectivity index (χ1v) is 6.42. The van der Waals surface area contributed by atoms with Gasteiger partial charge in [0.2, 0.25) is 0 Å². The quantitative estimate of drug-likeness (QED) is 0.821. The molecular weight excluding hydrogens is 254 g/mol. The van der Waals surface area contributed by atoms with Crippen LogP contribution in [0, 0.1) is 6.92 Å². The van der Waals surface area contributed by atoms with Crippen molar-refractivity contribution in [2.75, 3.05) is 13.2 Å². The van der Waals surface area contributed by atoms with Crippen LogP contribution in [0.1, 0.15) is 15.9 Å². The summed E-state index contributed by atoms with van der Waals surface area (Å²) >= 11 is 0. The summed E-state index contributed by atoms with van der Waals surface area (Å²) in [5.41, 5.74) is 1.18. The van der Waals surface area contributed by atoms with Gasteiger partial charge in [-0.05, 0) is 36.8 Å². The molecule has 0 spiro atoms. The number of carbonyl (C=O) groups is 1. The third kappa shape index (κ3) is 3.75. The molecule has 1 amide bonds. The fourth-order valence-electron chi connectivity index (χ4n) is 1.78. The molecule has 2 N–H and O–H groups in total. The largest absolute Gasteiger partial charge is 0.507 e. The van der Waals surface area contributed by atoms with E-state index < -0.39 is 0 Å². The number of phenols is 1. The van der Waals surface area contributed by atoms with E-state index in [4.69, 9.17) is 4.74 Å². The van der Waals surface area contributed by atoms with Crippen LogP contribution in [-0.2, 0) is 0 Å². The van der Waals surface area contributed by atoms with E-state index in [1.54, 1.807) is 18.2 Å². The molecule has 0 radical (unpaired) electrons. The lowest BCUT2D eigenvalue weighted by Crippen LogP contribution is -2.28. The molecule has 0 aliphatic rings. The number of nitrogens with one attached hydrogen (secondary N) is 1. The zero-order valence-electron chi connectivity index (χ0n) is 11.3. The van der Waals surface area contributed by atoms with Gasteiger partial charge in [-0.15, -0.1) is 0 Å². The smallest absolute Gasteiger partial charge is 0.255 e. The molecule has 4 heteroatoms. The van der Waals surface area contributed by atoms with Crippen molar-refractivity contribution in [3.8, 4) is 11.5 Å². The molecule has 0 aromatic heterocycles. The van der Waals surface area contributed by atoms with Crippen LogP contribution in [-0.4, -0.2) is 24.2 Å². The number of hydrogen-bond donors (Lipinski definition) is 2. The second-order valence-corrected chi connectivity index (χ2v) is 4.44. The van der Waals surface area contributed by atoms with Gasteiger partial charge in [0, 0.05) is 0 Å². The van der Waals surface area contributed by atoms with Gasteiger partial charge in [0.1, 0.15) is 18.1 Å². The van der Waals surface area contributed by atoms with Crippen LogP contribution >= 0.6 is 0 Å². The highest BCUT2D eigenvalue weighted by molar-refractivity contribution is 5.96. The van der Waals surface area contributed by atoms with Crippen molar-refractivity contribution in [2.24, 2.45) is 0 Å². The first-order chi connectivity index (χ1) is 9.66. The molecule has 0 unspecified atom stereocenters. The standard InChI is InChI=1S/C16H17NO3/c1-12-7-8-14(15(18)11-12)16(19)17-9-10-20-13-5-3-2-4-6-13/h2-8,11,18H,9-10H2,1H3,(H,17,19). The molecule has 0 bridgehead atoms. The van der Waals surface area contributed by atoms with Crippen molar-refractivity contribution in [1.82, 2.24) is 5.32 Å². The molecule has 0 atom stereocenters. The fraction of sp³-hybridized carbons (Fsp3) is 0.188. The van der Waals surface area contributed by atoms with Crippen LogP contribution in [0.3, 0.4) is 0 Å². The first-order valence-electron chi connectivity index (χ1n) is 6.42. The molecule has 0 saturated heterocycles. The highest BCUT2D eigenvalue weighted by Crippen LogP contribution is 2.17. The van der Waals surface area contributed by atoms with Crippen LogP contribution in [0.15, 0.2) is 48.5 Å². The molecule has 104 valence electrons. The molecular formula is C16H17NO3. The lowest BCUT2D eigenvalue weighted by atomic mass is 10.1. The molecule has 0 aliphatic carbocycles. The van der Waals surface area contributed by atoms with Gasteiger partial charge in [0.25, 0.3) is 5.91 Å². The van der Waals surface area contributed by atoms with Crippen LogP contribution in [0.5, 0.6) is 11.5 Å². The Kier molecular flexibility index (Phi) is 4.60. The van der Waals surface area contributed by atoms with Crippen molar-refractivity contribution in [2.45, 2.75) is 6.92 Å². The summed E-state index contributed by atoms with van der Waals surface area (Å²) in [6.45, 7) is 2.61. The zero-order chi connectivity index (χ0) is 14.4. The summed E-state index contributed by atoms with van der Waals surface area (Å²) in [4.78, 5) is 11.9. The van der Waals surface area contributed by atoms with E-state index in [0.29, 0.717) is 13.2 Å². The van der Waals surface area contributed by atoms with E-state index in [2.05, 4.69) is 5.32 Å². The summed E-state index contributed by atoms with van der Waals surface area (Å²) in [5, 5.41) is 12.4. The number of aromatic hydroxyl groups is 1. The van der Waals surface area contributed by atoms with E-state index in [-0.39, 0.29) is 17.2 Å². The predicted molar refractivity (Wildman–Crippen MR) is 77.1 cm³/mol. The highest BCUT2D eigenvalue weighted by Gasteiger charge is 2.10. The van der Waals surface area contributed by atoms with Crippen molar-refractivity contribution >= 4 is 5.91 Å². The maximum Gasteiger partial charge on any atom is 0.255 e. The van der Waals surface area contributed by atoms with Gasteiger partial charge in [0.15, 0.2) is 0 Å². The summed E-state index contributed by atoms with van der Waals surface area (Å²) in [6, 6.07) is 14.4. The van der Waals surface area contributed by atoms with Crippen LogP contribution < -0.4 is 10.1 Å². The number of amides is 1. The minimum Gasteiger partial charge on any atom is -0.507 e. The normalized spacial score (nSPS) is 10.1. The molecule has 4 nitrogen and oxygen atoms in total. The van der Waals surface area contributed by atoms with E-state index >= 15 is 0 Å². The Morgan fingerprint density at radius 3 is 2.65 bits per heavy atom. The molecule has 0 saturated carbocycles. The maximum absolute atomic E-state index is 11.9. The van der Waals surface area contributed by atoms with Crippen LogP contribution in [0.4, 0.5) is 0 Å². The second-order valence-electron chi connectivity index (χ2n) is 4.44. The number of hydrogen-bond acceptors (Lipinski definition) is 3. The number of para-hydroxylation sites is 1. The molecule has 2 aromatic rings. The molecule has 2 aromatic carbocycles. The minimum absolute atomic E-state index is 0.00789. The van der Waals surface area contributed by atoms with Gasteiger partial charge in [-0.1, -0.05) is 24.3 Å². The molecule has 2 rings (SSSR count). The van der Waals surface area contributed by atoms with E-state index in [1.165, 1.54) is 0 Å². The Balaban J connectivity index is 1.80. The molecule has 0 aliphatic heterocycles. The Bertz CT molecular complexity index is 582. The average Bonchev–Trinajstić information content (AvgIpc) is 2.44. The number of ether oxygens (including phenoxy) is 1. The number of rotatable bonds is 5. The number of aryl methyl sites for hydroxylation is 1. The first kappa shape index (κ1) is 13.9. The van der Waals surface area contributed by atoms with E-state index in [1.807, 2.05) is 37.3 Å². The van der Waals surface area contributed by atoms with Crippen LogP contribution in [0.2, 0.25) is 0 Å². The molecule has 0 fully saturated rings. The Morgan fingerprint density at radius 1 is 1.20 bits per heavy atom. The number of benzene rings is 2. The van der Waals surface area contributed by atoms with Crippen LogP contribution in [0.25, 0.3) is 0 Å². The summed E-state index contributed by atoms with van der Waals surface area (Å²) in [6.07, 6.45) is 0. The molecule has 0 heterocycles. The summed E-state index contributed by atoms with van der Waals surface area (Å²) < 4.78 is 5.46. The highest BCUT2D eigenvalue weighted by atomic mass is 16.5. The SMILES string of the molecule is Cc1ccc(C(=O)NCCOc2ccccc2)c(O)c1. The van der Waals surface area contributed by atoms with Crippen molar-refractivity contribution in [1.29, 1.82) is 0 Å². The van der Waals surface area contributed by atoms with Crippen molar-refractivity contribution in [3.63, 3.8) is 0 Å². The van der Waals surface area contributed by atoms with Gasteiger partial charge < -0.3 is 15.2 Å². The van der Waals surface area contributed by atoms with Crippen molar-refractivity contribution in [3.05, 3.63) is 59.7 Å². The predicted octanol–water partition coefficient (Wildman–Crippen LogP) is 2.51. The van der Waals surface area contributed by atoms with E-state index in [9.17, 15) is 9.90 Å². The van der Waals surface area contributed by atoms with Gasteiger partial charge in [-0.2, -0.15) is 0 Å². The summed E-state index contributed by atoms with van der Waals surface area (Å²) in [5.74, 6) is 0.450. The van der Waals surface area contributed by atoms with Crippen molar-refractivity contribution < 1.29 is 14.6 Å². The van der Waals surface area contributed by atoms with Gasteiger partial charge in [-0.3, -0.25) is 4.79 Å². The summed E-state index contributed by atoms with van der Waals surface area (Å²) in [7, 11) is 0. The Labute approximate surface area is 118 Å². The lowest BCUT2D eigenvalue weighted by Gasteiger charge is -2.09. The third-order valence-corrected chi connectivity index (χ3v) is 2.80. The lowest BCUT2D eigenvalue weighted by molar-refractivity contribution is 0.0944.